The van der Waals surface area contributed by atoms with E-state index in [9.17, 15) is 9.59 Å². The number of amides is 1. The van der Waals surface area contributed by atoms with Crippen LogP contribution in [0.3, 0.4) is 0 Å². The van der Waals surface area contributed by atoms with Gasteiger partial charge in [0.1, 0.15) is 6.04 Å². The Morgan fingerprint density at radius 1 is 1.07 bits per heavy atom. The summed E-state index contributed by atoms with van der Waals surface area (Å²) in [6, 6.07) is 14.3. The molecular weight excluding hydrogens is 366 g/mol. The van der Waals surface area contributed by atoms with Crippen LogP contribution in [0.1, 0.15) is 13.0 Å². The summed E-state index contributed by atoms with van der Waals surface area (Å²) in [5.74, 6) is -0.580. The van der Waals surface area contributed by atoms with Crippen molar-refractivity contribution in [2.45, 2.75) is 13.0 Å². The minimum Gasteiger partial charge on any atom is -0.408 e. The van der Waals surface area contributed by atoms with Gasteiger partial charge in [0.05, 0.1) is 5.52 Å². The third kappa shape index (κ3) is 3.32. The number of carbonyl (C=O) groups is 1. The van der Waals surface area contributed by atoms with Gasteiger partial charge in [-0.1, -0.05) is 29.8 Å². The Hall–Kier alpha value is -2.73. The number of aromatic nitrogens is 1. The first-order valence-corrected chi connectivity index (χ1v) is 9.32. The molecule has 2 aromatic carbocycles. The van der Waals surface area contributed by atoms with E-state index in [0.29, 0.717) is 29.2 Å². The second-order valence-electron chi connectivity index (χ2n) is 6.67. The average molecular weight is 386 g/mol. The molecule has 0 aliphatic carbocycles. The summed E-state index contributed by atoms with van der Waals surface area (Å²) in [6.07, 6.45) is 0. The molecule has 2 heterocycles. The highest BCUT2D eigenvalue weighted by atomic mass is 35.5. The standard InChI is InChI=1S/C20H20ClN3O3/c1-14(24-17-7-2-3-8-18(17)27-20(24)26)19(25)23-11-9-22(10-12-23)16-6-4-5-15(21)13-16/h2-8,13-14H,9-12H2,1H3/t14-/m1/s1. The second kappa shape index (κ2) is 7.12. The first kappa shape index (κ1) is 17.7. The van der Waals surface area contributed by atoms with E-state index in [1.54, 1.807) is 30.0 Å². The summed E-state index contributed by atoms with van der Waals surface area (Å²) in [5.41, 5.74) is 2.19. The lowest BCUT2D eigenvalue weighted by Gasteiger charge is -2.37. The predicted molar refractivity (Wildman–Crippen MR) is 105 cm³/mol. The zero-order valence-electron chi connectivity index (χ0n) is 15.0. The highest BCUT2D eigenvalue weighted by Crippen LogP contribution is 2.22. The van der Waals surface area contributed by atoms with Crippen LogP contribution in [0, 0.1) is 0 Å². The van der Waals surface area contributed by atoms with Crippen molar-refractivity contribution in [1.29, 1.82) is 0 Å². The molecule has 1 atom stereocenters. The van der Waals surface area contributed by atoms with Gasteiger partial charge in [0.2, 0.25) is 5.91 Å². The zero-order valence-corrected chi connectivity index (χ0v) is 15.7. The smallest absolute Gasteiger partial charge is 0.408 e. The minimum atomic E-state index is -0.612. The lowest BCUT2D eigenvalue weighted by atomic mass is 10.2. The number of piperazine rings is 1. The van der Waals surface area contributed by atoms with Gasteiger partial charge in [-0.05, 0) is 37.3 Å². The quantitative estimate of drug-likeness (QED) is 0.695. The fourth-order valence-electron chi connectivity index (χ4n) is 3.58. The molecular formula is C20H20ClN3O3. The van der Waals surface area contributed by atoms with Crippen LogP contribution < -0.4 is 10.7 Å². The first-order chi connectivity index (χ1) is 13.0. The van der Waals surface area contributed by atoms with Crippen molar-refractivity contribution >= 4 is 34.3 Å². The fourth-order valence-corrected chi connectivity index (χ4v) is 3.77. The van der Waals surface area contributed by atoms with Crippen molar-refractivity contribution in [3.05, 3.63) is 64.1 Å². The van der Waals surface area contributed by atoms with E-state index in [1.807, 2.05) is 30.3 Å². The zero-order chi connectivity index (χ0) is 19.0. The highest BCUT2D eigenvalue weighted by Gasteiger charge is 2.28. The molecule has 7 heteroatoms. The van der Waals surface area contributed by atoms with E-state index in [-0.39, 0.29) is 5.91 Å². The molecule has 4 rings (SSSR count). The van der Waals surface area contributed by atoms with E-state index in [1.165, 1.54) is 4.57 Å². The van der Waals surface area contributed by atoms with Gasteiger partial charge in [-0.25, -0.2) is 4.79 Å². The summed E-state index contributed by atoms with van der Waals surface area (Å²) in [5, 5.41) is 0.700. The summed E-state index contributed by atoms with van der Waals surface area (Å²) in [7, 11) is 0. The SMILES string of the molecule is C[C@H](C(=O)N1CCN(c2cccc(Cl)c2)CC1)n1c(=O)oc2ccccc21. The molecule has 0 bridgehead atoms. The van der Waals surface area contributed by atoms with Crippen molar-refractivity contribution in [1.82, 2.24) is 9.47 Å². The Balaban J connectivity index is 1.49. The van der Waals surface area contributed by atoms with E-state index in [0.717, 1.165) is 18.8 Å². The summed E-state index contributed by atoms with van der Waals surface area (Å²) in [6.45, 7) is 4.38. The molecule has 1 aliphatic heterocycles. The molecule has 1 aliphatic rings. The maximum absolute atomic E-state index is 13.0. The molecule has 1 saturated heterocycles. The maximum Gasteiger partial charge on any atom is 0.420 e. The van der Waals surface area contributed by atoms with Crippen LogP contribution in [0.4, 0.5) is 5.69 Å². The van der Waals surface area contributed by atoms with Gasteiger partial charge in [-0.3, -0.25) is 9.36 Å². The van der Waals surface area contributed by atoms with Crippen molar-refractivity contribution in [3.63, 3.8) is 0 Å². The number of rotatable bonds is 3. The Kier molecular flexibility index (Phi) is 4.66. The number of halogens is 1. The lowest BCUT2D eigenvalue weighted by molar-refractivity contribution is -0.134. The average Bonchev–Trinajstić information content (AvgIpc) is 3.02. The molecule has 6 nitrogen and oxygen atoms in total. The van der Waals surface area contributed by atoms with E-state index < -0.39 is 11.8 Å². The topological polar surface area (TPSA) is 58.7 Å². The number of hydrogen-bond acceptors (Lipinski definition) is 4. The van der Waals surface area contributed by atoms with E-state index >= 15 is 0 Å². The number of anilines is 1. The molecule has 0 radical (unpaired) electrons. The second-order valence-corrected chi connectivity index (χ2v) is 7.11. The summed E-state index contributed by atoms with van der Waals surface area (Å²) >= 11 is 6.07. The summed E-state index contributed by atoms with van der Waals surface area (Å²) in [4.78, 5) is 29.2. The van der Waals surface area contributed by atoms with Crippen LogP contribution in [0.25, 0.3) is 11.1 Å². The largest absolute Gasteiger partial charge is 0.420 e. The van der Waals surface area contributed by atoms with Crippen LogP contribution in [-0.4, -0.2) is 41.6 Å². The van der Waals surface area contributed by atoms with Crippen molar-refractivity contribution in [2.24, 2.45) is 0 Å². The third-order valence-electron chi connectivity index (χ3n) is 5.03. The number of benzene rings is 2. The molecule has 1 amide bonds. The number of fused-ring (bicyclic) bond motifs is 1. The van der Waals surface area contributed by atoms with Gasteiger partial charge >= 0.3 is 5.76 Å². The molecule has 0 saturated carbocycles. The molecule has 27 heavy (non-hydrogen) atoms. The Morgan fingerprint density at radius 2 is 1.81 bits per heavy atom. The van der Waals surface area contributed by atoms with Gasteiger partial charge in [0.25, 0.3) is 0 Å². The molecule has 0 spiro atoms. The molecule has 140 valence electrons. The Morgan fingerprint density at radius 3 is 2.56 bits per heavy atom. The first-order valence-electron chi connectivity index (χ1n) is 8.94. The van der Waals surface area contributed by atoms with Crippen molar-refractivity contribution in [3.8, 4) is 0 Å². The van der Waals surface area contributed by atoms with Gasteiger partial charge in [-0.2, -0.15) is 0 Å². The van der Waals surface area contributed by atoms with Gasteiger partial charge in [0, 0.05) is 36.9 Å². The van der Waals surface area contributed by atoms with Crippen LogP contribution in [0.15, 0.2) is 57.7 Å². The number of hydrogen-bond donors (Lipinski definition) is 0. The van der Waals surface area contributed by atoms with Crippen LogP contribution in [0.5, 0.6) is 0 Å². The number of para-hydroxylation sites is 2. The van der Waals surface area contributed by atoms with Gasteiger partial charge < -0.3 is 14.2 Å². The highest BCUT2D eigenvalue weighted by molar-refractivity contribution is 6.30. The predicted octanol–water partition coefficient (Wildman–Crippen LogP) is 3.16. The van der Waals surface area contributed by atoms with Gasteiger partial charge in [0.15, 0.2) is 5.58 Å². The normalized spacial score (nSPS) is 15.9. The number of carbonyl (C=O) groups excluding carboxylic acids is 1. The number of nitrogens with zero attached hydrogens (tertiary/aromatic N) is 3. The van der Waals surface area contributed by atoms with Crippen molar-refractivity contribution in [2.75, 3.05) is 31.1 Å². The Labute approximate surface area is 161 Å². The number of oxazole rings is 1. The fraction of sp³-hybridized carbons (Fsp3) is 0.300. The van der Waals surface area contributed by atoms with Crippen molar-refractivity contribution < 1.29 is 9.21 Å². The Bertz CT molecular complexity index is 1030. The van der Waals surface area contributed by atoms with Crippen LogP contribution >= 0.6 is 11.6 Å². The molecule has 1 aromatic heterocycles. The van der Waals surface area contributed by atoms with Crippen LogP contribution in [0.2, 0.25) is 5.02 Å². The van der Waals surface area contributed by atoms with Gasteiger partial charge in [-0.15, -0.1) is 0 Å². The monoisotopic (exact) mass is 385 g/mol. The molecule has 0 N–H and O–H groups in total. The minimum absolute atomic E-state index is 0.0746. The molecule has 1 fully saturated rings. The van der Waals surface area contributed by atoms with E-state index in [4.69, 9.17) is 16.0 Å². The lowest BCUT2D eigenvalue weighted by Crippen LogP contribution is -2.50. The molecule has 3 aromatic rings. The third-order valence-corrected chi connectivity index (χ3v) is 5.26. The van der Waals surface area contributed by atoms with E-state index in [2.05, 4.69) is 4.90 Å². The molecule has 0 unspecified atom stereocenters. The maximum atomic E-state index is 13.0. The van der Waals surface area contributed by atoms with Crippen LogP contribution in [-0.2, 0) is 4.79 Å². The summed E-state index contributed by atoms with van der Waals surface area (Å²) < 4.78 is 6.69.